The van der Waals surface area contributed by atoms with E-state index in [0.717, 1.165) is 0 Å². The fourth-order valence-electron chi connectivity index (χ4n) is 1.44. The number of ketones is 1. The molecule has 2 rings (SSSR count). The number of hydrogen-bond donors (Lipinski definition) is 0. The van der Waals surface area contributed by atoms with Crippen LogP contribution < -0.4 is 0 Å². The second-order valence-corrected chi connectivity index (χ2v) is 2.85. The lowest BCUT2D eigenvalue weighted by Crippen LogP contribution is -2.07. The predicted octanol–water partition coefficient (Wildman–Crippen LogP) is 2.36. The molecule has 1 nitrogen and oxygen atoms in total. The van der Waals surface area contributed by atoms with Gasteiger partial charge in [0.15, 0.2) is 5.78 Å². The number of alkyl halides is 2. The molecule has 1 aromatic carbocycles. The minimum absolute atomic E-state index is 0.130. The van der Waals surface area contributed by atoms with Crippen LogP contribution in [0.3, 0.4) is 0 Å². The highest BCUT2D eigenvalue weighted by Crippen LogP contribution is 2.40. The van der Waals surface area contributed by atoms with Gasteiger partial charge >= 0.3 is 0 Å². The largest absolute Gasteiger partial charge is 0.294 e. The van der Waals surface area contributed by atoms with Crippen LogP contribution in [0.25, 0.3) is 0 Å². The van der Waals surface area contributed by atoms with Crippen molar-refractivity contribution in [1.82, 2.24) is 0 Å². The third-order valence-corrected chi connectivity index (χ3v) is 2.00. The molecule has 0 spiro atoms. The monoisotopic (exact) mass is 168 g/mol. The SMILES string of the molecule is O=C1CC(F)(F)c2ccccc21. The molecule has 0 unspecified atom stereocenters. The van der Waals surface area contributed by atoms with E-state index in [2.05, 4.69) is 0 Å². The molecular formula is C9H6F2O. The minimum atomic E-state index is -2.95. The third-order valence-electron chi connectivity index (χ3n) is 2.00. The van der Waals surface area contributed by atoms with Gasteiger partial charge < -0.3 is 0 Å². The fourth-order valence-corrected chi connectivity index (χ4v) is 1.44. The summed E-state index contributed by atoms with van der Waals surface area (Å²) in [6.07, 6.45) is -0.674. The van der Waals surface area contributed by atoms with E-state index < -0.39 is 18.1 Å². The lowest BCUT2D eigenvalue weighted by Gasteiger charge is -2.07. The average Bonchev–Trinajstić information content (AvgIpc) is 2.25. The number of carbonyl (C=O) groups excluding carboxylic acids is 1. The molecule has 0 amide bonds. The fraction of sp³-hybridized carbons (Fsp3) is 0.222. The maximum absolute atomic E-state index is 13.0. The normalized spacial score (nSPS) is 19.3. The molecule has 0 bridgehead atoms. The lowest BCUT2D eigenvalue weighted by atomic mass is 10.1. The van der Waals surface area contributed by atoms with E-state index in [0.29, 0.717) is 0 Å². The molecule has 1 aromatic rings. The summed E-state index contributed by atoms with van der Waals surface area (Å²) in [5.74, 6) is -3.41. The van der Waals surface area contributed by atoms with Crippen molar-refractivity contribution in [3.63, 3.8) is 0 Å². The standard InChI is InChI=1S/C9H6F2O/c10-9(11)5-8(12)6-3-1-2-4-7(6)9/h1-4H,5H2. The first-order chi connectivity index (χ1) is 5.61. The highest BCUT2D eigenvalue weighted by molar-refractivity contribution is 6.01. The van der Waals surface area contributed by atoms with E-state index in [1.165, 1.54) is 18.2 Å². The van der Waals surface area contributed by atoms with Gasteiger partial charge in [0.05, 0.1) is 6.42 Å². The summed E-state index contributed by atoms with van der Waals surface area (Å²) in [6.45, 7) is 0. The van der Waals surface area contributed by atoms with E-state index in [4.69, 9.17) is 0 Å². The Labute approximate surface area is 68.0 Å². The number of Topliss-reactive ketones (excluding diaryl/α,β-unsaturated/α-hetero) is 1. The van der Waals surface area contributed by atoms with Gasteiger partial charge in [-0.2, -0.15) is 0 Å². The Hall–Kier alpha value is -1.25. The molecule has 0 aliphatic heterocycles. The van der Waals surface area contributed by atoms with Gasteiger partial charge in [0.2, 0.25) is 0 Å². The number of carbonyl (C=O) groups is 1. The summed E-state index contributed by atoms with van der Waals surface area (Å²) in [7, 11) is 0. The van der Waals surface area contributed by atoms with Crippen LogP contribution in [-0.2, 0) is 5.92 Å². The molecule has 0 N–H and O–H groups in total. The Kier molecular flexibility index (Phi) is 1.31. The third kappa shape index (κ3) is 0.858. The van der Waals surface area contributed by atoms with Gasteiger partial charge in [-0.25, -0.2) is 8.78 Å². The summed E-state index contributed by atoms with van der Waals surface area (Å²) in [4.78, 5) is 11.0. The summed E-state index contributed by atoms with van der Waals surface area (Å²) >= 11 is 0. The van der Waals surface area contributed by atoms with Crippen molar-refractivity contribution in [2.75, 3.05) is 0 Å². The summed E-state index contributed by atoms with van der Waals surface area (Å²) < 4.78 is 25.9. The molecule has 1 aliphatic carbocycles. The number of hydrogen-bond acceptors (Lipinski definition) is 1. The highest BCUT2D eigenvalue weighted by Gasteiger charge is 2.43. The Bertz CT molecular complexity index is 344. The van der Waals surface area contributed by atoms with Crippen LogP contribution in [0.1, 0.15) is 22.3 Å². The molecule has 0 heterocycles. The van der Waals surface area contributed by atoms with Crippen LogP contribution in [0.15, 0.2) is 24.3 Å². The molecule has 62 valence electrons. The van der Waals surface area contributed by atoms with Crippen LogP contribution >= 0.6 is 0 Å². The summed E-state index contributed by atoms with van der Waals surface area (Å²) in [5, 5.41) is 0. The second kappa shape index (κ2) is 2.12. The molecule has 0 fully saturated rings. The topological polar surface area (TPSA) is 17.1 Å². The zero-order valence-electron chi connectivity index (χ0n) is 6.18. The molecule has 12 heavy (non-hydrogen) atoms. The van der Waals surface area contributed by atoms with Crippen molar-refractivity contribution < 1.29 is 13.6 Å². The van der Waals surface area contributed by atoms with Crippen LogP contribution in [0.5, 0.6) is 0 Å². The van der Waals surface area contributed by atoms with Crippen molar-refractivity contribution in [3.05, 3.63) is 35.4 Å². The van der Waals surface area contributed by atoms with Crippen LogP contribution in [0, 0.1) is 0 Å². The second-order valence-electron chi connectivity index (χ2n) is 2.85. The first-order valence-corrected chi connectivity index (χ1v) is 3.62. The van der Waals surface area contributed by atoms with Crippen molar-refractivity contribution in [2.45, 2.75) is 12.3 Å². The Balaban J connectivity index is 2.66. The van der Waals surface area contributed by atoms with Gasteiger partial charge in [-0.05, 0) is 0 Å². The average molecular weight is 168 g/mol. The van der Waals surface area contributed by atoms with E-state index in [-0.39, 0.29) is 11.1 Å². The van der Waals surface area contributed by atoms with Crippen molar-refractivity contribution >= 4 is 5.78 Å². The van der Waals surface area contributed by atoms with Crippen molar-refractivity contribution in [1.29, 1.82) is 0 Å². The number of fused-ring (bicyclic) bond motifs is 1. The summed E-state index contributed by atoms with van der Waals surface area (Å²) in [5.41, 5.74) is 0.0394. The Morgan fingerprint density at radius 2 is 1.92 bits per heavy atom. The number of halogens is 2. The molecule has 3 heteroatoms. The Morgan fingerprint density at radius 1 is 1.25 bits per heavy atom. The van der Waals surface area contributed by atoms with Crippen molar-refractivity contribution in [2.24, 2.45) is 0 Å². The first-order valence-electron chi connectivity index (χ1n) is 3.62. The van der Waals surface area contributed by atoms with Crippen molar-refractivity contribution in [3.8, 4) is 0 Å². The van der Waals surface area contributed by atoms with Gasteiger partial charge in [-0.3, -0.25) is 4.79 Å². The zero-order valence-corrected chi connectivity index (χ0v) is 6.18. The molecule has 0 radical (unpaired) electrons. The smallest absolute Gasteiger partial charge is 0.281 e. The van der Waals surface area contributed by atoms with Crippen LogP contribution in [0.4, 0.5) is 8.78 Å². The van der Waals surface area contributed by atoms with Gasteiger partial charge in [-0.1, -0.05) is 24.3 Å². The first kappa shape index (κ1) is 7.40. The van der Waals surface area contributed by atoms with E-state index in [1.54, 1.807) is 6.07 Å². The predicted molar refractivity (Wildman–Crippen MR) is 39.3 cm³/mol. The van der Waals surface area contributed by atoms with E-state index in [1.807, 2.05) is 0 Å². The highest BCUT2D eigenvalue weighted by atomic mass is 19.3. The van der Waals surface area contributed by atoms with Crippen LogP contribution in [0.2, 0.25) is 0 Å². The number of benzene rings is 1. The van der Waals surface area contributed by atoms with E-state index >= 15 is 0 Å². The van der Waals surface area contributed by atoms with Gasteiger partial charge in [0.25, 0.3) is 5.92 Å². The molecule has 1 aliphatic rings. The summed E-state index contributed by atoms with van der Waals surface area (Å²) in [6, 6.07) is 5.86. The zero-order chi connectivity index (χ0) is 8.77. The minimum Gasteiger partial charge on any atom is -0.294 e. The van der Waals surface area contributed by atoms with Gasteiger partial charge in [0.1, 0.15) is 0 Å². The maximum atomic E-state index is 13.0. The van der Waals surface area contributed by atoms with Crippen LogP contribution in [-0.4, -0.2) is 5.78 Å². The molecule has 0 atom stereocenters. The lowest BCUT2D eigenvalue weighted by molar-refractivity contribution is 0.00108. The number of rotatable bonds is 0. The van der Waals surface area contributed by atoms with E-state index in [9.17, 15) is 13.6 Å². The molecule has 0 saturated carbocycles. The van der Waals surface area contributed by atoms with Gasteiger partial charge in [-0.15, -0.1) is 0 Å². The maximum Gasteiger partial charge on any atom is 0.281 e. The molecule has 0 saturated heterocycles. The Morgan fingerprint density at radius 3 is 2.58 bits per heavy atom. The molecule has 0 aromatic heterocycles. The van der Waals surface area contributed by atoms with Gasteiger partial charge in [0, 0.05) is 11.1 Å². The quantitative estimate of drug-likeness (QED) is 0.581. The molecular weight excluding hydrogens is 162 g/mol.